The van der Waals surface area contributed by atoms with E-state index in [1.807, 2.05) is 19.1 Å². The van der Waals surface area contributed by atoms with E-state index in [2.05, 4.69) is 27.5 Å². The van der Waals surface area contributed by atoms with Crippen molar-refractivity contribution in [2.75, 3.05) is 0 Å². The van der Waals surface area contributed by atoms with Crippen LogP contribution in [-0.2, 0) is 6.42 Å². The Morgan fingerprint density at radius 1 is 1.39 bits per heavy atom. The molecule has 3 rings (SSSR count). The van der Waals surface area contributed by atoms with Gasteiger partial charge in [-0.3, -0.25) is 0 Å². The molecule has 0 spiro atoms. The highest BCUT2D eigenvalue weighted by molar-refractivity contribution is 8.01. The Bertz CT molecular complexity index is 609. The third kappa shape index (κ3) is 2.02. The van der Waals surface area contributed by atoms with Crippen LogP contribution in [-0.4, -0.2) is 21.1 Å². The molecule has 0 saturated carbocycles. The lowest BCUT2D eigenvalue weighted by Crippen LogP contribution is -2.02. The van der Waals surface area contributed by atoms with Gasteiger partial charge >= 0.3 is 0 Å². The molecule has 1 aliphatic carbocycles. The van der Waals surface area contributed by atoms with Gasteiger partial charge in [-0.25, -0.2) is 0 Å². The highest BCUT2D eigenvalue weighted by Gasteiger charge is 2.30. The van der Waals surface area contributed by atoms with Crippen LogP contribution in [0.4, 0.5) is 0 Å². The van der Waals surface area contributed by atoms with Crippen molar-refractivity contribution in [1.29, 1.82) is 0 Å². The minimum absolute atomic E-state index is 0.0542. The van der Waals surface area contributed by atoms with E-state index < -0.39 is 0 Å². The summed E-state index contributed by atoms with van der Waals surface area (Å²) in [7, 11) is 0. The first-order valence-corrected chi connectivity index (χ1v) is 7.23. The number of rotatable bonds is 2. The van der Waals surface area contributed by atoms with Gasteiger partial charge in [-0.15, -0.1) is 10.2 Å². The van der Waals surface area contributed by atoms with Crippen LogP contribution in [0.3, 0.4) is 0 Å². The number of benzene rings is 1. The van der Waals surface area contributed by atoms with Crippen LogP contribution >= 0.6 is 23.1 Å². The van der Waals surface area contributed by atoms with E-state index in [4.69, 9.17) is 5.21 Å². The van der Waals surface area contributed by atoms with E-state index in [0.29, 0.717) is 6.42 Å². The number of hydrogen-bond donors (Lipinski definition) is 1. The Hall–Kier alpha value is -1.40. The second-order valence-electron chi connectivity index (χ2n) is 4.05. The van der Waals surface area contributed by atoms with Crippen LogP contribution in [0.5, 0.6) is 0 Å². The topological polar surface area (TPSA) is 58.4 Å². The summed E-state index contributed by atoms with van der Waals surface area (Å²) in [6, 6.07) is 8.18. The van der Waals surface area contributed by atoms with E-state index >= 15 is 0 Å². The largest absolute Gasteiger partial charge is 0.411 e. The molecule has 1 atom stereocenters. The van der Waals surface area contributed by atoms with Crippen molar-refractivity contribution < 1.29 is 5.21 Å². The predicted molar refractivity (Wildman–Crippen MR) is 72.6 cm³/mol. The molecule has 2 aromatic rings. The lowest BCUT2D eigenvalue weighted by molar-refractivity contribution is 0.317. The highest BCUT2D eigenvalue weighted by atomic mass is 32.2. The Balaban J connectivity index is 1.94. The fraction of sp³-hybridized carbons (Fsp3) is 0.250. The number of aryl methyl sites for hydroxylation is 1. The summed E-state index contributed by atoms with van der Waals surface area (Å²) in [6.07, 6.45) is 0.710. The van der Waals surface area contributed by atoms with E-state index in [9.17, 15) is 0 Å². The second kappa shape index (κ2) is 4.70. The predicted octanol–water partition coefficient (Wildman–Crippen LogP) is 3.07. The van der Waals surface area contributed by atoms with Crippen molar-refractivity contribution in [1.82, 2.24) is 10.2 Å². The van der Waals surface area contributed by atoms with Gasteiger partial charge in [0.1, 0.15) is 5.01 Å². The summed E-state index contributed by atoms with van der Waals surface area (Å²) in [6.45, 7) is 1.94. The number of nitrogens with zero attached hydrogens (tertiary/aromatic N) is 3. The molecule has 1 aromatic heterocycles. The minimum atomic E-state index is 0.0542. The zero-order chi connectivity index (χ0) is 12.5. The third-order valence-corrected chi connectivity index (χ3v) is 5.08. The molecule has 1 aromatic carbocycles. The van der Waals surface area contributed by atoms with Crippen LogP contribution < -0.4 is 0 Å². The molecule has 1 heterocycles. The van der Waals surface area contributed by atoms with Gasteiger partial charge in [0, 0.05) is 6.42 Å². The highest BCUT2D eigenvalue weighted by Crippen LogP contribution is 2.43. The van der Waals surface area contributed by atoms with Crippen LogP contribution in [0.15, 0.2) is 33.8 Å². The molecule has 0 radical (unpaired) electrons. The first-order chi connectivity index (χ1) is 8.78. The van der Waals surface area contributed by atoms with Crippen LogP contribution in [0.1, 0.15) is 21.4 Å². The summed E-state index contributed by atoms with van der Waals surface area (Å²) in [5.74, 6) is 0. The van der Waals surface area contributed by atoms with Gasteiger partial charge in [-0.05, 0) is 18.1 Å². The van der Waals surface area contributed by atoms with Crippen molar-refractivity contribution in [2.45, 2.75) is 22.9 Å². The van der Waals surface area contributed by atoms with Crippen molar-refractivity contribution in [3.63, 3.8) is 0 Å². The molecule has 18 heavy (non-hydrogen) atoms. The van der Waals surface area contributed by atoms with Gasteiger partial charge in [0.2, 0.25) is 0 Å². The fourth-order valence-electron chi connectivity index (χ4n) is 2.06. The standard InChI is InChI=1S/C12H11N3OS2/c1-7-13-14-12(17-7)18-11-9-5-3-2-4-8(9)6-10(11)15-16/h2-5,11,16H,6H2,1H3/b15-10+. The lowest BCUT2D eigenvalue weighted by Gasteiger charge is -2.08. The fourth-order valence-corrected chi connectivity index (χ4v) is 4.24. The van der Waals surface area contributed by atoms with Gasteiger partial charge in [-0.2, -0.15) is 0 Å². The van der Waals surface area contributed by atoms with E-state index in [0.717, 1.165) is 15.1 Å². The van der Waals surface area contributed by atoms with Crippen molar-refractivity contribution >= 4 is 28.8 Å². The summed E-state index contributed by atoms with van der Waals surface area (Å²) >= 11 is 3.17. The molecular weight excluding hydrogens is 266 g/mol. The maximum atomic E-state index is 9.13. The molecular formula is C12H11N3OS2. The second-order valence-corrected chi connectivity index (χ2v) is 6.59. The third-order valence-electron chi connectivity index (χ3n) is 2.87. The molecule has 1 N–H and O–H groups in total. The monoisotopic (exact) mass is 277 g/mol. The average molecular weight is 277 g/mol. The molecule has 92 valence electrons. The van der Waals surface area contributed by atoms with Crippen LogP contribution in [0, 0.1) is 6.92 Å². The minimum Gasteiger partial charge on any atom is -0.411 e. The first-order valence-electron chi connectivity index (χ1n) is 5.53. The summed E-state index contributed by atoms with van der Waals surface area (Å²) in [5.41, 5.74) is 3.22. The molecule has 0 fully saturated rings. The zero-order valence-corrected chi connectivity index (χ0v) is 11.3. The molecule has 1 unspecified atom stereocenters. The summed E-state index contributed by atoms with van der Waals surface area (Å²) in [4.78, 5) is 0. The number of fused-ring (bicyclic) bond motifs is 1. The number of aromatic nitrogens is 2. The molecule has 6 heteroatoms. The van der Waals surface area contributed by atoms with Gasteiger partial charge in [0.15, 0.2) is 4.34 Å². The Morgan fingerprint density at radius 3 is 2.94 bits per heavy atom. The molecule has 4 nitrogen and oxygen atoms in total. The zero-order valence-electron chi connectivity index (χ0n) is 9.70. The van der Waals surface area contributed by atoms with E-state index in [-0.39, 0.29) is 5.25 Å². The molecule has 0 amide bonds. The Labute approximate surface area is 113 Å². The Morgan fingerprint density at radius 2 is 2.22 bits per heavy atom. The first kappa shape index (κ1) is 11.7. The number of thioether (sulfide) groups is 1. The van der Waals surface area contributed by atoms with E-state index in [1.54, 1.807) is 23.1 Å². The quantitative estimate of drug-likeness (QED) is 0.677. The maximum absolute atomic E-state index is 9.13. The van der Waals surface area contributed by atoms with Crippen molar-refractivity contribution in [3.8, 4) is 0 Å². The smallest absolute Gasteiger partial charge is 0.175 e. The lowest BCUT2D eigenvalue weighted by atomic mass is 10.1. The molecule has 0 saturated heterocycles. The molecule has 0 bridgehead atoms. The van der Waals surface area contributed by atoms with Gasteiger partial charge in [0.05, 0.1) is 11.0 Å². The van der Waals surface area contributed by atoms with Gasteiger partial charge in [-0.1, -0.05) is 52.5 Å². The Kier molecular flexibility index (Phi) is 3.05. The van der Waals surface area contributed by atoms with E-state index in [1.165, 1.54) is 11.1 Å². The van der Waals surface area contributed by atoms with Gasteiger partial charge in [0.25, 0.3) is 0 Å². The van der Waals surface area contributed by atoms with Crippen molar-refractivity contribution in [3.05, 3.63) is 40.4 Å². The summed E-state index contributed by atoms with van der Waals surface area (Å²) < 4.78 is 0.912. The summed E-state index contributed by atoms with van der Waals surface area (Å²) in [5, 5.41) is 21.7. The van der Waals surface area contributed by atoms with Gasteiger partial charge < -0.3 is 5.21 Å². The maximum Gasteiger partial charge on any atom is 0.175 e. The normalized spacial score (nSPS) is 20.3. The van der Waals surface area contributed by atoms with Crippen LogP contribution in [0.25, 0.3) is 0 Å². The average Bonchev–Trinajstić information content (AvgIpc) is 2.94. The SMILES string of the molecule is Cc1nnc(SC2/C(=N/O)Cc3ccccc32)s1. The van der Waals surface area contributed by atoms with Crippen LogP contribution in [0.2, 0.25) is 0 Å². The van der Waals surface area contributed by atoms with Crippen molar-refractivity contribution in [2.24, 2.45) is 5.16 Å². The number of oxime groups is 1. The molecule has 1 aliphatic rings. The molecule has 0 aliphatic heterocycles. The number of hydrogen-bond acceptors (Lipinski definition) is 6.